The molecule has 8 nitrogen and oxygen atoms in total. The summed E-state index contributed by atoms with van der Waals surface area (Å²) in [5, 5.41) is 16.0. The van der Waals surface area contributed by atoms with Crippen LogP contribution in [0.15, 0.2) is 76.6 Å². The number of hydrazone groups is 1. The first kappa shape index (κ1) is 22.6. The number of amides is 1. The number of ether oxygens (including phenoxy) is 2. The second-order valence-electron chi connectivity index (χ2n) is 7.53. The van der Waals surface area contributed by atoms with Crippen molar-refractivity contribution in [3.63, 3.8) is 0 Å². The molecule has 0 unspecified atom stereocenters. The first-order chi connectivity index (χ1) is 16.4. The molecule has 3 aromatic carbocycles. The first-order valence-corrected chi connectivity index (χ1v) is 10.4. The van der Waals surface area contributed by atoms with E-state index in [1.54, 1.807) is 54.6 Å². The van der Waals surface area contributed by atoms with Gasteiger partial charge in [-0.15, -0.1) is 0 Å². The molecule has 0 aliphatic carbocycles. The summed E-state index contributed by atoms with van der Waals surface area (Å²) in [4.78, 5) is 25.7. The maximum atomic E-state index is 13.3. The van der Waals surface area contributed by atoms with Crippen molar-refractivity contribution in [1.29, 1.82) is 0 Å². The Bertz CT molecular complexity index is 1460. The van der Waals surface area contributed by atoms with Crippen molar-refractivity contribution in [3.8, 4) is 23.1 Å². The van der Waals surface area contributed by atoms with E-state index in [1.807, 2.05) is 19.1 Å². The van der Waals surface area contributed by atoms with E-state index in [9.17, 15) is 14.7 Å². The van der Waals surface area contributed by atoms with Gasteiger partial charge in [0.05, 0.1) is 31.7 Å². The first-order valence-electron chi connectivity index (χ1n) is 10.4. The van der Waals surface area contributed by atoms with E-state index in [4.69, 9.17) is 9.47 Å². The number of carbonyl (C=O) groups excluding carboxylic acids is 1. The van der Waals surface area contributed by atoms with Crippen LogP contribution in [0.1, 0.15) is 21.5 Å². The molecule has 1 amide bonds. The predicted molar refractivity (Wildman–Crippen MR) is 131 cm³/mol. The number of aromatic hydroxyl groups is 1. The zero-order chi connectivity index (χ0) is 24.2. The quantitative estimate of drug-likeness (QED) is 0.339. The Morgan fingerprint density at radius 2 is 1.65 bits per heavy atom. The van der Waals surface area contributed by atoms with Crippen molar-refractivity contribution in [3.05, 3.63) is 93.8 Å². The molecule has 1 aromatic heterocycles. The molecule has 1 heterocycles. The third-order valence-electron chi connectivity index (χ3n) is 5.40. The summed E-state index contributed by atoms with van der Waals surface area (Å²) in [6, 6.07) is 18.8. The Kier molecular flexibility index (Phi) is 6.31. The fourth-order valence-electron chi connectivity index (χ4n) is 3.62. The van der Waals surface area contributed by atoms with Gasteiger partial charge in [-0.3, -0.25) is 9.59 Å². The molecule has 0 spiro atoms. The largest absolute Gasteiger partial charge is 0.494 e. The number of rotatable bonds is 6. The van der Waals surface area contributed by atoms with E-state index in [0.717, 1.165) is 10.1 Å². The summed E-state index contributed by atoms with van der Waals surface area (Å²) < 4.78 is 11.8. The van der Waals surface area contributed by atoms with Gasteiger partial charge in [0.15, 0.2) is 11.5 Å². The van der Waals surface area contributed by atoms with E-state index in [-0.39, 0.29) is 11.4 Å². The van der Waals surface area contributed by atoms with E-state index >= 15 is 0 Å². The number of hydrogen-bond donors (Lipinski definition) is 2. The molecule has 0 aliphatic rings. The van der Waals surface area contributed by atoms with Crippen LogP contribution in [0.5, 0.6) is 17.4 Å². The highest BCUT2D eigenvalue weighted by molar-refractivity contribution is 6.02. The Morgan fingerprint density at radius 3 is 2.32 bits per heavy atom. The lowest BCUT2D eigenvalue weighted by Gasteiger charge is -2.15. The fourth-order valence-corrected chi connectivity index (χ4v) is 3.62. The highest BCUT2D eigenvalue weighted by atomic mass is 16.5. The molecule has 4 aromatic rings. The number of benzene rings is 3. The standard InChI is InChI=1S/C26H23N3O5/c1-16-8-10-17(11-9-16)24(30)28-27-15-21-19-6-4-5-7-20(19)25(31)29(26(21)32)18-12-13-22(33-2)23(14-18)34-3/h4-15,32H,1-3H3,(H,28,30)/b27-15+. The summed E-state index contributed by atoms with van der Waals surface area (Å²) in [6.07, 6.45) is 1.32. The maximum absolute atomic E-state index is 13.3. The van der Waals surface area contributed by atoms with Gasteiger partial charge in [-0.25, -0.2) is 9.99 Å². The molecule has 0 radical (unpaired) electrons. The van der Waals surface area contributed by atoms with Crippen LogP contribution in [0.4, 0.5) is 0 Å². The van der Waals surface area contributed by atoms with Crippen molar-refractivity contribution < 1.29 is 19.4 Å². The highest BCUT2D eigenvalue weighted by Gasteiger charge is 2.18. The lowest BCUT2D eigenvalue weighted by Crippen LogP contribution is -2.21. The van der Waals surface area contributed by atoms with Gasteiger partial charge in [0.1, 0.15) is 0 Å². The molecular formula is C26H23N3O5. The molecular weight excluding hydrogens is 434 g/mol. The minimum atomic E-state index is -0.416. The molecule has 2 N–H and O–H groups in total. The van der Waals surface area contributed by atoms with Crippen molar-refractivity contribution in [2.24, 2.45) is 5.10 Å². The molecule has 0 fully saturated rings. The number of pyridine rings is 1. The second-order valence-corrected chi connectivity index (χ2v) is 7.53. The van der Waals surface area contributed by atoms with E-state index < -0.39 is 11.5 Å². The lowest BCUT2D eigenvalue weighted by molar-refractivity contribution is 0.0955. The van der Waals surface area contributed by atoms with Crippen LogP contribution in [0, 0.1) is 6.92 Å². The number of carbonyl (C=O) groups is 1. The predicted octanol–water partition coefficient (Wildman–Crippen LogP) is 3.79. The number of aromatic nitrogens is 1. The number of aryl methyl sites for hydroxylation is 1. The zero-order valence-electron chi connectivity index (χ0n) is 18.9. The van der Waals surface area contributed by atoms with Crippen molar-refractivity contribution in [2.45, 2.75) is 6.92 Å². The summed E-state index contributed by atoms with van der Waals surface area (Å²) in [5.74, 6) is 0.165. The van der Waals surface area contributed by atoms with Gasteiger partial charge in [-0.1, -0.05) is 35.9 Å². The van der Waals surface area contributed by atoms with Gasteiger partial charge < -0.3 is 14.6 Å². The fraction of sp³-hybridized carbons (Fsp3) is 0.115. The van der Waals surface area contributed by atoms with Gasteiger partial charge in [-0.05, 0) is 37.3 Å². The van der Waals surface area contributed by atoms with Crippen LogP contribution in [0.3, 0.4) is 0 Å². The average molecular weight is 457 g/mol. The van der Waals surface area contributed by atoms with E-state index in [0.29, 0.717) is 33.5 Å². The molecule has 34 heavy (non-hydrogen) atoms. The minimum Gasteiger partial charge on any atom is -0.494 e. The molecule has 0 saturated carbocycles. The van der Waals surface area contributed by atoms with Crippen LogP contribution in [0.2, 0.25) is 0 Å². The van der Waals surface area contributed by atoms with Crippen LogP contribution in [-0.2, 0) is 0 Å². The van der Waals surface area contributed by atoms with Gasteiger partial charge in [-0.2, -0.15) is 5.10 Å². The van der Waals surface area contributed by atoms with Crippen LogP contribution in [0.25, 0.3) is 16.5 Å². The Morgan fingerprint density at radius 1 is 0.971 bits per heavy atom. The Balaban J connectivity index is 1.80. The number of nitrogens with one attached hydrogen (secondary N) is 1. The van der Waals surface area contributed by atoms with Crippen molar-refractivity contribution in [1.82, 2.24) is 9.99 Å². The lowest BCUT2D eigenvalue weighted by atomic mass is 10.1. The normalized spacial score (nSPS) is 11.0. The summed E-state index contributed by atoms with van der Waals surface area (Å²) in [6.45, 7) is 1.93. The van der Waals surface area contributed by atoms with Gasteiger partial charge >= 0.3 is 0 Å². The minimum absolute atomic E-state index is 0.272. The molecule has 8 heteroatoms. The number of hydrogen-bond acceptors (Lipinski definition) is 6. The molecule has 0 bridgehead atoms. The van der Waals surface area contributed by atoms with Crippen LogP contribution in [-0.4, -0.2) is 36.0 Å². The maximum Gasteiger partial charge on any atom is 0.271 e. The third-order valence-corrected chi connectivity index (χ3v) is 5.40. The molecule has 172 valence electrons. The number of methoxy groups -OCH3 is 2. The number of fused-ring (bicyclic) bond motifs is 1. The second kappa shape index (κ2) is 9.50. The smallest absolute Gasteiger partial charge is 0.271 e. The molecule has 0 atom stereocenters. The van der Waals surface area contributed by atoms with Gasteiger partial charge in [0.25, 0.3) is 11.5 Å². The van der Waals surface area contributed by atoms with Crippen molar-refractivity contribution >= 4 is 22.9 Å². The van der Waals surface area contributed by atoms with Crippen LogP contribution >= 0.6 is 0 Å². The average Bonchev–Trinajstić information content (AvgIpc) is 2.86. The topological polar surface area (TPSA) is 102 Å². The van der Waals surface area contributed by atoms with Gasteiger partial charge in [0.2, 0.25) is 5.88 Å². The molecule has 4 rings (SSSR count). The van der Waals surface area contributed by atoms with Gasteiger partial charge in [0, 0.05) is 22.4 Å². The summed E-state index contributed by atoms with van der Waals surface area (Å²) >= 11 is 0. The van der Waals surface area contributed by atoms with E-state index in [1.165, 1.54) is 20.4 Å². The Hall–Kier alpha value is -4.59. The van der Waals surface area contributed by atoms with Crippen molar-refractivity contribution in [2.75, 3.05) is 14.2 Å². The zero-order valence-corrected chi connectivity index (χ0v) is 18.9. The Labute approximate surface area is 195 Å². The number of nitrogens with zero attached hydrogens (tertiary/aromatic N) is 2. The highest BCUT2D eigenvalue weighted by Crippen LogP contribution is 2.32. The monoisotopic (exact) mass is 457 g/mol. The SMILES string of the molecule is COc1ccc(-n2c(O)c(/C=N/NC(=O)c3ccc(C)cc3)c3ccccc3c2=O)cc1OC. The molecule has 0 saturated heterocycles. The summed E-state index contributed by atoms with van der Waals surface area (Å²) in [5.41, 5.74) is 4.18. The van der Waals surface area contributed by atoms with Crippen LogP contribution < -0.4 is 20.5 Å². The summed E-state index contributed by atoms with van der Waals surface area (Å²) in [7, 11) is 3.00. The molecule has 0 aliphatic heterocycles. The van der Waals surface area contributed by atoms with E-state index in [2.05, 4.69) is 10.5 Å². The third kappa shape index (κ3) is 4.21.